The molecule has 0 saturated carbocycles. The van der Waals surface area contributed by atoms with Gasteiger partial charge in [-0.25, -0.2) is 4.98 Å². The number of carbonyl (C=O) groups is 1. The Morgan fingerprint density at radius 3 is 3.00 bits per heavy atom. The number of halogens is 1. The van der Waals surface area contributed by atoms with Crippen molar-refractivity contribution in [1.82, 2.24) is 4.98 Å². The molecular formula is C9H9ClN2O2. The minimum Gasteiger partial charge on any atom is -0.370 e. The Morgan fingerprint density at radius 2 is 2.36 bits per heavy atom. The van der Waals surface area contributed by atoms with Crippen LogP contribution >= 0.6 is 11.6 Å². The molecule has 1 saturated heterocycles. The first-order valence-electron chi connectivity index (χ1n) is 4.27. The molecule has 0 aliphatic carbocycles. The summed E-state index contributed by atoms with van der Waals surface area (Å²) in [6.45, 7) is 1.28. The number of hydrogen-bond donors (Lipinski definition) is 0. The second-order valence-corrected chi connectivity index (χ2v) is 3.32. The lowest BCUT2D eigenvalue weighted by Crippen LogP contribution is -2.41. The molecule has 0 bridgehead atoms. The van der Waals surface area contributed by atoms with E-state index in [1.807, 2.05) is 0 Å². The summed E-state index contributed by atoms with van der Waals surface area (Å²) in [5.74, 6) is -0.0413. The average molecular weight is 213 g/mol. The van der Waals surface area contributed by atoms with Crippen LogP contribution in [0.4, 0.5) is 5.69 Å². The summed E-state index contributed by atoms with van der Waals surface area (Å²) in [5, 5.41) is 0.425. The molecule has 1 fully saturated rings. The molecule has 0 atom stereocenters. The lowest BCUT2D eigenvalue weighted by molar-refractivity contribution is -0.125. The highest BCUT2D eigenvalue weighted by Gasteiger charge is 2.19. The topological polar surface area (TPSA) is 42.4 Å². The largest absolute Gasteiger partial charge is 0.370 e. The van der Waals surface area contributed by atoms with Gasteiger partial charge in [0.1, 0.15) is 11.8 Å². The number of rotatable bonds is 1. The molecule has 1 amide bonds. The van der Waals surface area contributed by atoms with E-state index < -0.39 is 0 Å². The van der Waals surface area contributed by atoms with Gasteiger partial charge in [0.15, 0.2) is 0 Å². The highest BCUT2D eigenvalue weighted by molar-refractivity contribution is 6.29. The van der Waals surface area contributed by atoms with Crippen molar-refractivity contribution in [3.05, 3.63) is 23.5 Å². The van der Waals surface area contributed by atoms with Crippen LogP contribution in [0.25, 0.3) is 0 Å². The third-order valence-electron chi connectivity index (χ3n) is 2.01. The Labute approximate surface area is 86.4 Å². The maximum absolute atomic E-state index is 11.4. The molecule has 1 aromatic heterocycles. The van der Waals surface area contributed by atoms with E-state index in [1.165, 1.54) is 0 Å². The predicted octanol–water partition coefficient (Wildman–Crippen LogP) is 1.10. The van der Waals surface area contributed by atoms with E-state index in [4.69, 9.17) is 16.3 Å². The van der Waals surface area contributed by atoms with Gasteiger partial charge in [-0.3, -0.25) is 4.79 Å². The lowest BCUT2D eigenvalue weighted by Gasteiger charge is -2.26. The number of pyridine rings is 1. The van der Waals surface area contributed by atoms with E-state index >= 15 is 0 Å². The standard InChI is InChI=1S/C9H9ClN2O2/c10-8-2-1-7(5-11-8)12-3-4-14-6-9(12)13/h1-2,5H,3-4,6H2. The van der Waals surface area contributed by atoms with Gasteiger partial charge in [0, 0.05) is 6.54 Å². The smallest absolute Gasteiger partial charge is 0.253 e. The zero-order chi connectivity index (χ0) is 9.97. The van der Waals surface area contributed by atoms with Crippen molar-refractivity contribution >= 4 is 23.2 Å². The first-order valence-corrected chi connectivity index (χ1v) is 4.65. The monoisotopic (exact) mass is 212 g/mol. The summed E-state index contributed by atoms with van der Waals surface area (Å²) in [6, 6.07) is 3.44. The van der Waals surface area contributed by atoms with Gasteiger partial charge < -0.3 is 9.64 Å². The van der Waals surface area contributed by atoms with Gasteiger partial charge in [0.05, 0.1) is 18.5 Å². The Morgan fingerprint density at radius 1 is 1.50 bits per heavy atom. The van der Waals surface area contributed by atoms with Crippen LogP contribution < -0.4 is 4.90 Å². The van der Waals surface area contributed by atoms with E-state index in [2.05, 4.69) is 4.98 Å². The number of nitrogens with zero attached hydrogens (tertiary/aromatic N) is 2. The number of morpholine rings is 1. The minimum atomic E-state index is -0.0413. The SMILES string of the molecule is O=C1COCCN1c1ccc(Cl)nc1. The summed E-state index contributed by atoms with van der Waals surface area (Å²) in [4.78, 5) is 17.0. The van der Waals surface area contributed by atoms with Gasteiger partial charge >= 0.3 is 0 Å². The van der Waals surface area contributed by atoms with E-state index in [-0.39, 0.29) is 12.5 Å². The van der Waals surface area contributed by atoms with E-state index in [1.54, 1.807) is 23.2 Å². The fraction of sp³-hybridized carbons (Fsp3) is 0.333. The third-order valence-corrected chi connectivity index (χ3v) is 2.23. The van der Waals surface area contributed by atoms with Crippen LogP contribution in [0.3, 0.4) is 0 Å². The van der Waals surface area contributed by atoms with E-state index in [0.717, 1.165) is 5.69 Å². The zero-order valence-corrected chi connectivity index (χ0v) is 8.20. The molecule has 1 aliphatic heterocycles. The number of hydrogen-bond acceptors (Lipinski definition) is 3. The number of carbonyl (C=O) groups excluding carboxylic acids is 1. The van der Waals surface area contributed by atoms with Crippen molar-refractivity contribution in [2.75, 3.05) is 24.7 Å². The fourth-order valence-corrected chi connectivity index (χ4v) is 1.43. The molecule has 14 heavy (non-hydrogen) atoms. The van der Waals surface area contributed by atoms with Gasteiger partial charge in [-0.2, -0.15) is 0 Å². The summed E-state index contributed by atoms with van der Waals surface area (Å²) >= 11 is 5.65. The van der Waals surface area contributed by atoms with E-state index in [0.29, 0.717) is 18.3 Å². The molecule has 2 heterocycles. The number of amides is 1. The Balaban J connectivity index is 2.20. The van der Waals surface area contributed by atoms with E-state index in [9.17, 15) is 4.79 Å². The first-order chi connectivity index (χ1) is 6.77. The van der Waals surface area contributed by atoms with Gasteiger partial charge in [0.2, 0.25) is 0 Å². The van der Waals surface area contributed by atoms with Crippen molar-refractivity contribution in [1.29, 1.82) is 0 Å². The van der Waals surface area contributed by atoms with Crippen molar-refractivity contribution in [3.63, 3.8) is 0 Å². The molecule has 0 spiro atoms. The van der Waals surface area contributed by atoms with Crippen LogP contribution in [0.2, 0.25) is 5.15 Å². The number of ether oxygens (including phenoxy) is 1. The van der Waals surface area contributed by atoms with Crippen molar-refractivity contribution in [3.8, 4) is 0 Å². The highest BCUT2D eigenvalue weighted by Crippen LogP contribution is 2.16. The Bertz CT molecular complexity index is 339. The third kappa shape index (κ3) is 1.86. The maximum Gasteiger partial charge on any atom is 0.253 e. The molecule has 4 nitrogen and oxygen atoms in total. The van der Waals surface area contributed by atoms with Gasteiger partial charge in [0.25, 0.3) is 5.91 Å². The van der Waals surface area contributed by atoms with Crippen LogP contribution in [0.15, 0.2) is 18.3 Å². The van der Waals surface area contributed by atoms with Crippen LogP contribution in [0.5, 0.6) is 0 Å². The van der Waals surface area contributed by atoms with Gasteiger partial charge in [-0.15, -0.1) is 0 Å². The summed E-state index contributed by atoms with van der Waals surface area (Å²) in [5.41, 5.74) is 0.766. The number of anilines is 1. The minimum absolute atomic E-state index is 0.0413. The normalized spacial score (nSPS) is 17.2. The summed E-state index contributed by atoms with van der Waals surface area (Å²) in [6.07, 6.45) is 1.59. The van der Waals surface area contributed by atoms with Gasteiger partial charge in [-0.05, 0) is 12.1 Å². The molecule has 0 unspecified atom stereocenters. The molecule has 1 aliphatic rings. The maximum atomic E-state index is 11.4. The molecular weight excluding hydrogens is 204 g/mol. The summed E-state index contributed by atoms with van der Waals surface area (Å²) in [7, 11) is 0. The van der Waals surface area contributed by atoms with Crippen molar-refractivity contribution in [2.45, 2.75) is 0 Å². The molecule has 1 aromatic rings. The van der Waals surface area contributed by atoms with Crippen LogP contribution in [-0.2, 0) is 9.53 Å². The van der Waals surface area contributed by atoms with Gasteiger partial charge in [-0.1, -0.05) is 11.6 Å². The van der Waals surface area contributed by atoms with Crippen LogP contribution in [0, 0.1) is 0 Å². The Hall–Kier alpha value is -1.13. The van der Waals surface area contributed by atoms with Crippen molar-refractivity contribution < 1.29 is 9.53 Å². The summed E-state index contributed by atoms with van der Waals surface area (Å²) < 4.78 is 5.02. The van der Waals surface area contributed by atoms with Crippen molar-refractivity contribution in [2.24, 2.45) is 0 Å². The Kier molecular flexibility index (Phi) is 2.65. The molecule has 0 aromatic carbocycles. The zero-order valence-electron chi connectivity index (χ0n) is 7.44. The molecule has 74 valence electrons. The highest BCUT2D eigenvalue weighted by atomic mass is 35.5. The fourth-order valence-electron chi connectivity index (χ4n) is 1.32. The predicted molar refractivity (Wildman–Crippen MR) is 52.4 cm³/mol. The number of aromatic nitrogens is 1. The molecule has 0 radical (unpaired) electrons. The molecule has 5 heteroatoms. The van der Waals surface area contributed by atoms with Crippen LogP contribution in [0.1, 0.15) is 0 Å². The van der Waals surface area contributed by atoms with Crippen LogP contribution in [-0.4, -0.2) is 30.6 Å². The molecule has 2 rings (SSSR count). The quantitative estimate of drug-likeness (QED) is 0.655. The molecule has 0 N–H and O–H groups in total. The second kappa shape index (κ2) is 3.94. The second-order valence-electron chi connectivity index (χ2n) is 2.94. The first kappa shape index (κ1) is 9.43. The average Bonchev–Trinajstić information content (AvgIpc) is 2.20. The lowest BCUT2D eigenvalue weighted by atomic mass is 10.3.